The van der Waals surface area contributed by atoms with Crippen LogP contribution in [0.15, 0.2) is 48.7 Å². The van der Waals surface area contributed by atoms with Crippen LogP contribution in [-0.2, 0) is 0 Å². The van der Waals surface area contributed by atoms with Gasteiger partial charge in [-0.25, -0.2) is 4.98 Å². The third-order valence-corrected chi connectivity index (χ3v) is 4.07. The quantitative estimate of drug-likeness (QED) is 0.868. The highest BCUT2D eigenvalue weighted by molar-refractivity contribution is 6.04. The summed E-state index contributed by atoms with van der Waals surface area (Å²) in [6.45, 7) is 4.77. The van der Waals surface area contributed by atoms with Crippen LogP contribution in [0.25, 0.3) is 0 Å². The van der Waals surface area contributed by atoms with Crippen molar-refractivity contribution >= 4 is 17.3 Å². The number of benzene rings is 1. The molecule has 2 aromatic rings. The molecule has 1 aliphatic rings. The minimum atomic E-state index is -0.0540. The number of rotatable bonds is 4. The highest BCUT2D eigenvalue weighted by Crippen LogP contribution is 2.20. The minimum Gasteiger partial charge on any atom is -0.370 e. The van der Waals surface area contributed by atoms with E-state index in [4.69, 9.17) is 0 Å². The zero-order chi connectivity index (χ0) is 15.4. The topological polar surface area (TPSA) is 36.4 Å². The van der Waals surface area contributed by atoms with E-state index in [0.29, 0.717) is 12.2 Å². The number of pyridine rings is 1. The van der Waals surface area contributed by atoms with Crippen LogP contribution in [0.4, 0.5) is 11.4 Å². The monoisotopic (exact) mass is 295 g/mol. The molecule has 1 amide bonds. The number of aromatic nitrogens is 1. The van der Waals surface area contributed by atoms with Gasteiger partial charge in [-0.05, 0) is 44.0 Å². The van der Waals surface area contributed by atoms with Gasteiger partial charge < -0.3 is 9.80 Å². The molecule has 0 unspecified atom stereocenters. The van der Waals surface area contributed by atoms with Crippen LogP contribution in [0.3, 0.4) is 0 Å². The van der Waals surface area contributed by atoms with E-state index in [0.717, 1.165) is 24.5 Å². The molecule has 1 aliphatic heterocycles. The largest absolute Gasteiger partial charge is 0.370 e. The van der Waals surface area contributed by atoms with Crippen molar-refractivity contribution in [2.75, 3.05) is 29.4 Å². The van der Waals surface area contributed by atoms with Crippen LogP contribution >= 0.6 is 0 Å². The predicted octanol–water partition coefficient (Wildman–Crippen LogP) is 3.35. The lowest BCUT2D eigenvalue weighted by atomic mass is 10.2. The first-order valence-corrected chi connectivity index (χ1v) is 7.87. The van der Waals surface area contributed by atoms with Gasteiger partial charge in [0.2, 0.25) is 0 Å². The molecule has 0 radical (unpaired) electrons. The molecule has 0 aliphatic carbocycles. The van der Waals surface area contributed by atoms with Crippen molar-refractivity contribution in [3.8, 4) is 0 Å². The molecule has 0 N–H and O–H groups in total. The first-order valence-electron chi connectivity index (χ1n) is 7.87. The standard InChI is InChI=1S/C18H21N3O/c1-2-21(15-8-4-3-5-9-15)18(22)17-11-10-16(14-19-17)20-12-6-7-13-20/h3-5,8-11,14H,2,6-7,12-13H2,1H3. The average Bonchev–Trinajstić information content (AvgIpc) is 3.11. The fraction of sp³-hybridized carbons (Fsp3) is 0.333. The maximum Gasteiger partial charge on any atom is 0.276 e. The number of hydrogen-bond donors (Lipinski definition) is 0. The molecule has 22 heavy (non-hydrogen) atoms. The van der Waals surface area contributed by atoms with Gasteiger partial charge in [0.05, 0.1) is 11.9 Å². The Hall–Kier alpha value is -2.36. The lowest BCUT2D eigenvalue weighted by Crippen LogP contribution is -2.31. The van der Waals surface area contributed by atoms with Crippen LogP contribution in [-0.4, -0.2) is 30.5 Å². The average molecular weight is 295 g/mol. The molecule has 4 nitrogen and oxygen atoms in total. The molecule has 2 heterocycles. The van der Waals surface area contributed by atoms with Crippen molar-refractivity contribution in [2.45, 2.75) is 19.8 Å². The summed E-state index contributed by atoms with van der Waals surface area (Å²) < 4.78 is 0. The zero-order valence-electron chi connectivity index (χ0n) is 12.9. The summed E-state index contributed by atoms with van der Waals surface area (Å²) in [5.41, 5.74) is 2.51. The first-order chi connectivity index (χ1) is 10.8. The number of hydrogen-bond acceptors (Lipinski definition) is 3. The van der Waals surface area contributed by atoms with Gasteiger partial charge in [-0.3, -0.25) is 4.79 Å². The minimum absolute atomic E-state index is 0.0540. The summed E-state index contributed by atoms with van der Waals surface area (Å²) in [5, 5.41) is 0. The van der Waals surface area contributed by atoms with Crippen LogP contribution in [0.5, 0.6) is 0 Å². The highest BCUT2D eigenvalue weighted by atomic mass is 16.2. The Morgan fingerprint density at radius 2 is 1.86 bits per heavy atom. The normalized spacial score (nSPS) is 14.1. The summed E-state index contributed by atoms with van der Waals surface area (Å²) in [4.78, 5) is 21.1. The van der Waals surface area contributed by atoms with Crippen molar-refractivity contribution in [3.05, 3.63) is 54.4 Å². The molecule has 1 aromatic heterocycles. The molecular formula is C18H21N3O. The highest BCUT2D eigenvalue weighted by Gasteiger charge is 2.18. The molecule has 1 saturated heterocycles. The Morgan fingerprint density at radius 3 is 2.45 bits per heavy atom. The number of carbonyl (C=O) groups excluding carboxylic acids is 1. The van der Waals surface area contributed by atoms with E-state index in [9.17, 15) is 4.79 Å². The number of amides is 1. The second-order valence-corrected chi connectivity index (χ2v) is 5.48. The Morgan fingerprint density at radius 1 is 1.14 bits per heavy atom. The van der Waals surface area contributed by atoms with E-state index in [2.05, 4.69) is 9.88 Å². The van der Waals surface area contributed by atoms with E-state index in [1.807, 2.05) is 55.6 Å². The molecule has 0 spiro atoms. The SMILES string of the molecule is CCN(C(=O)c1ccc(N2CCCC2)cn1)c1ccccc1. The molecule has 1 fully saturated rings. The Kier molecular flexibility index (Phi) is 4.37. The second kappa shape index (κ2) is 6.60. The molecule has 0 bridgehead atoms. The van der Waals surface area contributed by atoms with Gasteiger partial charge >= 0.3 is 0 Å². The van der Waals surface area contributed by atoms with Crippen molar-refractivity contribution in [2.24, 2.45) is 0 Å². The van der Waals surface area contributed by atoms with Crippen molar-refractivity contribution in [3.63, 3.8) is 0 Å². The van der Waals surface area contributed by atoms with E-state index in [1.54, 1.807) is 4.90 Å². The third kappa shape index (κ3) is 2.96. The maximum atomic E-state index is 12.7. The van der Waals surface area contributed by atoms with Gasteiger partial charge in [-0.2, -0.15) is 0 Å². The zero-order valence-corrected chi connectivity index (χ0v) is 12.9. The van der Waals surface area contributed by atoms with E-state index < -0.39 is 0 Å². The third-order valence-electron chi connectivity index (χ3n) is 4.07. The van der Waals surface area contributed by atoms with Crippen molar-refractivity contribution in [1.29, 1.82) is 0 Å². The molecule has 4 heteroatoms. The maximum absolute atomic E-state index is 12.7. The lowest BCUT2D eigenvalue weighted by Gasteiger charge is -2.21. The smallest absolute Gasteiger partial charge is 0.276 e. The fourth-order valence-electron chi connectivity index (χ4n) is 2.86. The Labute approximate surface area is 131 Å². The van der Waals surface area contributed by atoms with Gasteiger partial charge in [0.25, 0.3) is 5.91 Å². The van der Waals surface area contributed by atoms with Crippen LogP contribution in [0, 0.1) is 0 Å². The lowest BCUT2D eigenvalue weighted by molar-refractivity contribution is 0.0983. The van der Waals surface area contributed by atoms with E-state index in [1.165, 1.54) is 12.8 Å². The summed E-state index contributed by atoms with van der Waals surface area (Å²) >= 11 is 0. The fourth-order valence-corrected chi connectivity index (χ4v) is 2.86. The Bertz CT molecular complexity index is 619. The molecule has 3 rings (SSSR count). The van der Waals surface area contributed by atoms with Gasteiger partial charge in [-0.1, -0.05) is 18.2 Å². The molecule has 0 atom stereocenters. The van der Waals surface area contributed by atoms with E-state index in [-0.39, 0.29) is 5.91 Å². The first kappa shape index (κ1) is 14.6. The van der Waals surface area contributed by atoms with Crippen LogP contribution < -0.4 is 9.80 Å². The number of nitrogens with zero attached hydrogens (tertiary/aromatic N) is 3. The van der Waals surface area contributed by atoms with Crippen LogP contribution in [0.1, 0.15) is 30.3 Å². The molecule has 1 aromatic carbocycles. The second-order valence-electron chi connectivity index (χ2n) is 5.48. The summed E-state index contributed by atoms with van der Waals surface area (Å²) in [5.74, 6) is -0.0540. The van der Waals surface area contributed by atoms with Crippen molar-refractivity contribution < 1.29 is 4.79 Å². The van der Waals surface area contributed by atoms with Crippen molar-refractivity contribution in [1.82, 2.24) is 4.98 Å². The Balaban J connectivity index is 1.79. The number of para-hydroxylation sites is 1. The summed E-state index contributed by atoms with van der Waals surface area (Å²) in [6.07, 6.45) is 4.29. The van der Waals surface area contributed by atoms with Gasteiger partial charge in [0, 0.05) is 25.3 Å². The van der Waals surface area contributed by atoms with Gasteiger partial charge in [0.15, 0.2) is 0 Å². The number of carbonyl (C=O) groups is 1. The van der Waals surface area contributed by atoms with E-state index >= 15 is 0 Å². The number of anilines is 2. The summed E-state index contributed by atoms with van der Waals surface area (Å²) in [6, 6.07) is 13.6. The summed E-state index contributed by atoms with van der Waals surface area (Å²) in [7, 11) is 0. The molecular weight excluding hydrogens is 274 g/mol. The predicted molar refractivity (Wildman–Crippen MR) is 89.5 cm³/mol. The molecule has 114 valence electrons. The molecule has 0 saturated carbocycles. The van der Waals surface area contributed by atoms with Crippen LogP contribution in [0.2, 0.25) is 0 Å². The van der Waals surface area contributed by atoms with Gasteiger partial charge in [0.1, 0.15) is 5.69 Å². The van der Waals surface area contributed by atoms with Gasteiger partial charge in [-0.15, -0.1) is 0 Å².